The first-order valence-corrected chi connectivity index (χ1v) is 8.83. The highest BCUT2D eigenvalue weighted by atomic mass is 35.5. The van der Waals surface area contributed by atoms with Gasteiger partial charge in [-0.2, -0.15) is 10.2 Å². The highest BCUT2D eigenvalue weighted by Crippen LogP contribution is 2.33. The van der Waals surface area contributed by atoms with E-state index in [4.69, 9.17) is 23.2 Å². The van der Waals surface area contributed by atoms with Gasteiger partial charge in [-0.1, -0.05) is 53.5 Å². The first kappa shape index (κ1) is 16.8. The third-order valence-corrected chi connectivity index (χ3v) is 5.03. The molecule has 1 aliphatic carbocycles. The van der Waals surface area contributed by atoms with Crippen LogP contribution in [0.25, 0.3) is 11.3 Å². The van der Waals surface area contributed by atoms with Crippen LogP contribution in [0.15, 0.2) is 47.6 Å². The Kier molecular flexibility index (Phi) is 4.49. The van der Waals surface area contributed by atoms with Gasteiger partial charge in [-0.15, -0.1) is 0 Å². The van der Waals surface area contributed by atoms with Crippen LogP contribution in [0.3, 0.4) is 0 Å². The second kappa shape index (κ2) is 6.94. The molecule has 0 atom stereocenters. The Morgan fingerprint density at radius 3 is 2.69 bits per heavy atom. The van der Waals surface area contributed by atoms with Gasteiger partial charge in [-0.25, -0.2) is 5.43 Å². The van der Waals surface area contributed by atoms with Crippen LogP contribution in [0, 0.1) is 0 Å². The van der Waals surface area contributed by atoms with Crippen molar-refractivity contribution < 1.29 is 4.79 Å². The van der Waals surface area contributed by atoms with E-state index in [2.05, 4.69) is 26.8 Å². The normalized spacial score (nSPS) is 12.7. The van der Waals surface area contributed by atoms with Gasteiger partial charge >= 0.3 is 0 Å². The minimum Gasteiger partial charge on any atom is -0.272 e. The molecule has 0 aliphatic heterocycles. The summed E-state index contributed by atoms with van der Waals surface area (Å²) in [4.78, 5) is 12.5. The van der Waals surface area contributed by atoms with Crippen molar-refractivity contribution >= 4 is 35.3 Å². The number of nitrogens with one attached hydrogen (secondary N) is 2. The number of hydrazone groups is 1. The number of amides is 1. The van der Waals surface area contributed by atoms with Crippen LogP contribution in [-0.4, -0.2) is 22.3 Å². The minimum absolute atomic E-state index is 0.349. The molecule has 130 valence electrons. The molecule has 4 rings (SSSR count). The SMILES string of the molecule is O=C(N/N=C/c1c(Cl)cccc1Cl)c1[nH]nc2c1CCc1ccccc1-2. The monoisotopic (exact) mass is 384 g/mol. The fourth-order valence-electron chi connectivity index (χ4n) is 3.09. The Hall–Kier alpha value is -2.63. The first-order chi connectivity index (χ1) is 12.6. The van der Waals surface area contributed by atoms with Gasteiger partial charge in [-0.3, -0.25) is 9.89 Å². The molecule has 1 aliphatic rings. The van der Waals surface area contributed by atoms with E-state index in [0.29, 0.717) is 21.3 Å². The Bertz CT molecular complexity index is 1010. The summed E-state index contributed by atoms with van der Waals surface area (Å²) in [6, 6.07) is 13.3. The van der Waals surface area contributed by atoms with E-state index in [1.165, 1.54) is 11.8 Å². The zero-order valence-electron chi connectivity index (χ0n) is 13.6. The van der Waals surface area contributed by atoms with Crippen LogP contribution < -0.4 is 5.43 Å². The van der Waals surface area contributed by atoms with E-state index in [-0.39, 0.29) is 5.91 Å². The number of nitrogens with zero attached hydrogens (tertiary/aromatic N) is 2. The van der Waals surface area contributed by atoms with Gasteiger partial charge in [0.15, 0.2) is 0 Å². The van der Waals surface area contributed by atoms with Crippen molar-refractivity contribution in [2.45, 2.75) is 12.8 Å². The number of fused-ring (bicyclic) bond motifs is 3. The van der Waals surface area contributed by atoms with Gasteiger partial charge < -0.3 is 0 Å². The van der Waals surface area contributed by atoms with Crippen LogP contribution in [0.1, 0.15) is 27.2 Å². The number of rotatable bonds is 3. The second-order valence-electron chi connectivity index (χ2n) is 5.92. The number of benzene rings is 2. The molecule has 7 heteroatoms. The smallest absolute Gasteiger partial charge is 0.272 e. The van der Waals surface area contributed by atoms with E-state index in [0.717, 1.165) is 29.7 Å². The van der Waals surface area contributed by atoms with Crippen LogP contribution in [0.4, 0.5) is 0 Å². The summed E-state index contributed by atoms with van der Waals surface area (Å²) in [6.45, 7) is 0. The Labute approximate surface area is 160 Å². The summed E-state index contributed by atoms with van der Waals surface area (Å²) in [7, 11) is 0. The lowest BCUT2D eigenvalue weighted by molar-refractivity contribution is 0.0949. The molecule has 1 aromatic heterocycles. The van der Waals surface area contributed by atoms with E-state index in [1.54, 1.807) is 18.2 Å². The van der Waals surface area contributed by atoms with E-state index in [1.807, 2.05) is 18.2 Å². The molecule has 0 unspecified atom stereocenters. The van der Waals surface area contributed by atoms with E-state index in [9.17, 15) is 4.79 Å². The number of aromatic amines is 1. The van der Waals surface area contributed by atoms with Gasteiger partial charge in [0.2, 0.25) is 0 Å². The minimum atomic E-state index is -0.349. The maximum absolute atomic E-state index is 12.5. The van der Waals surface area contributed by atoms with Crippen LogP contribution in [0.5, 0.6) is 0 Å². The number of aryl methyl sites for hydroxylation is 1. The average Bonchev–Trinajstić information content (AvgIpc) is 3.08. The molecule has 0 saturated carbocycles. The number of halogens is 2. The summed E-state index contributed by atoms with van der Waals surface area (Å²) in [5.74, 6) is -0.349. The van der Waals surface area contributed by atoms with Crippen LogP contribution >= 0.6 is 23.2 Å². The summed E-state index contributed by atoms with van der Waals surface area (Å²) < 4.78 is 0. The van der Waals surface area contributed by atoms with Gasteiger partial charge in [0.1, 0.15) is 5.69 Å². The van der Waals surface area contributed by atoms with Crippen molar-refractivity contribution in [3.8, 4) is 11.3 Å². The van der Waals surface area contributed by atoms with Crippen molar-refractivity contribution in [3.63, 3.8) is 0 Å². The predicted octanol–water partition coefficient (Wildman–Crippen LogP) is 4.25. The lowest BCUT2D eigenvalue weighted by Gasteiger charge is -2.15. The summed E-state index contributed by atoms with van der Waals surface area (Å²) in [5.41, 5.74) is 7.53. The molecule has 26 heavy (non-hydrogen) atoms. The maximum Gasteiger partial charge on any atom is 0.289 e. The van der Waals surface area contributed by atoms with Crippen molar-refractivity contribution in [3.05, 3.63) is 74.9 Å². The molecule has 0 bridgehead atoms. The lowest BCUT2D eigenvalue weighted by atomic mass is 9.89. The summed E-state index contributed by atoms with van der Waals surface area (Å²) in [5, 5.41) is 12.1. The zero-order chi connectivity index (χ0) is 18.1. The van der Waals surface area contributed by atoms with E-state index >= 15 is 0 Å². The average molecular weight is 385 g/mol. The molecule has 0 spiro atoms. The summed E-state index contributed by atoms with van der Waals surface area (Å²) in [6.07, 6.45) is 3.06. The Morgan fingerprint density at radius 2 is 1.88 bits per heavy atom. The quantitative estimate of drug-likeness (QED) is 0.523. The van der Waals surface area contributed by atoms with Gasteiger partial charge in [0.25, 0.3) is 5.91 Å². The third-order valence-electron chi connectivity index (χ3n) is 4.37. The molecule has 3 aromatic rings. The van der Waals surface area contributed by atoms with Gasteiger partial charge in [0.05, 0.1) is 22.0 Å². The fourth-order valence-corrected chi connectivity index (χ4v) is 3.59. The number of carbonyl (C=O) groups is 1. The van der Waals surface area contributed by atoms with Crippen molar-refractivity contribution in [1.29, 1.82) is 0 Å². The maximum atomic E-state index is 12.5. The second-order valence-corrected chi connectivity index (χ2v) is 6.73. The summed E-state index contributed by atoms with van der Waals surface area (Å²) >= 11 is 12.2. The zero-order valence-corrected chi connectivity index (χ0v) is 15.1. The topological polar surface area (TPSA) is 70.1 Å². The van der Waals surface area contributed by atoms with Crippen molar-refractivity contribution in [2.75, 3.05) is 0 Å². The number of carbonyl (C=O) groups excluding carboxylic acids is 1. The highest BCUT2D eigenvalue weighted by Gasteiger charge is 2.24. The fraction of sp³-hybridized carbons (Fsp3) is 0.105. The van der Waals surface area contributed by atoms with Gasteiger partial charge in [-0.05, 0) is 30.5 Å². The highest BCUT2D eigenvalue weighted by molar-refractivity contribution is 6.38. The lowest BCUT2D eigenvalue weighted by Crippen LogP contribution is -2.20. The predicted molar refractivity (Wildman–Crippen MR) is 103 cm³/mol. The molecular formula is C19H14Cl2N4O. The standard InChI is InChI=1S/C19H14Cl2N4O/c20-15-6-3-7-16(21)14(15)10-22-25-19(26)18-13-9-8-11-4-1-2-5-12(11)17(13)23-24-18/h1-7,10H,8-9H2,(H,23,24)(H,25,26)/b22-10+. The molecule has 0 radical (unpaired) electrons. The molecular weight excluding hydrogens is 371 g/mol. The third kappa shape index (κ3) is 3.00. The Balaban J connectivity index is 1.56. The molecule has 5 nitrogen and oxygen atoms in total. The molecule has 0 fully saturated rings. The largest absolute Gasteiger partial charge is 0.289 e. The van der Waals surface area contributed by atoms with Crippen LogP contribution in [0.2, 0.25) is 10.0 Å². The van der Waals surface area contributed by atoms with E-state index < -0.39 is 0 Å². The molecule has 1 amide bonds. The number of H-pyrrole nitrogens is 1. The van der Waals surface area contributed by atoms with Gasteiger partial charge in [0, 0.05) is 16.7 Å². The molecule has 1 heterocycles. The number of hydrogen-bond acceptors (Lipinski definition) is 3. The number of aromatic nitrogens is 2. The molecule has 2 N–H and O–H groups in total. The molecule has 0 saturated heterocycles. The Morgan fingerprint density at radius 1 is 1.12 bits per heavy atom. The van der Waals surface area contributed by atoms with Crippen molar-refractivity contribution in [1.82, 2.24) is 15.6 Å². The molecule has 2 aromatic carbocycles. The van der Waals surface area contributed by atoms with Crippen LogP contribution in [-0.2, 0) is 12.8 Å². The number of hydrogen-bond donors (Lipinski definition) is 2. The first-order valence-electron chi connectivity index (χ1n) is 8.08. The van der Waals surface area contributed by atoms with Crippen molar-refractivity contribution in [2.24, 2.45) is 5.10 Å².